The zero-order valence-electron chi connectivity index (χ0n) is 10.4. The summed E-state index contributed by atoms with van der Waals surface area (Å²) in [5.74, 6) is 0.834. The van der Waals surface area contributed by atoms with Gasteiger partial charge in [-0.1, -0.05) is 25.1 Å². The molecule has 0 saturated heterocycles. The van der Waals surface area contributed by atoms with Crippen LogP contribution in [-0.2, 0) is 4.79 Å². The molecule has 2 aliphatic heterocycles. The maximum Gasteiger partial charge on any atom is 0.162 e. The van der Waals surface area contributed by atoms with Crippen molar-refractivity contribution in [3.63, 3.8) is 0 Å². The highest BCUT2D eigenvalue weighted by Gasteiger charge is 2.31. The zero-order valence-corrected chi connectivity index (χ0v) is 10.4. The third-order valence-corrected chi connectivity index (χ3v) is 4.00. The molecule has 2 aliphatic rings. The van der Waals surface area contributed by atoms with Gasteiger partial charge in [-0.2, -0.15) is 0 Å². The second-order valence-corrected chi connectivity index (χ2v) is 5.06. The Balaban J connectivity index is 2.17. The van der Waals surface area contributed by atoms with Gasteiger partial charge >= 0.3 is 0 Å². The number of ketones is 1. The molecule has 88 valence electrons. The molecule has 17 heavy (non-hydrogen) atoms. The van der Waals surface area contributed by atoms with Crippen LogP contribution >= 0.6 is 0 Å². The summed E-state index contributed by atoms with van der Waals surface area (Å²) >= 11 is 0. The molecule has 1 atom stereocenters. The summed E-state index contributed by atoms with van der Waals surface area (Å²) in [4.78, 5) is 14.1. The first-order valence-corrected chi connectivity index (χ1v) is 6.28. The largest absolute Gasteiger partial charge is 0.344 e. The summed E-state index contributed by atoms with van der Waals surface area (Å²) in [7, 11) is 0. The average Bonchev–Trinajstić information content (AvgIpc) is 2.35. The number of Topliss-reactive ketones (excluding diaryl/α,β-unsaturated/α-hetero) is 1. The van der Waals surface area contributed by atoms with Crippen molar-refractivity contribution < 1.29 is 4.79 Å². The van der Waals surface area contributed by atoms with Crippen LogP contribution in [0.15, 0.2) is 35.5 Å². The molecule has 0 amide bonds. The molecule has 3 rings (SSSR count). The molecule has 2 heteroatoms. The maximum atomic E-state index is 11.8. The van der Waals surface area contributed by atoms with E-state index < -0.39 is 0 Å². The van der Waals surface area contributed by atoms with Crippen molar-refractivity contribution >= 4 is 11.5 Å². The SMILES string of the molecule is CC1=C2CC(C)c3ccccc3N2CCC1=O. The minimum absolute atomic E-state index is 0.322. The van der Waals surface area contributed by atoms with Crippen molar-refractivity contribution in [3.8, 4) is 0 Å². The summed E-state index contributed by atoms with van der Waals surface area (Å²) in [6.07, 6.45) is 1.65. The van der Waals surface area contributed by atoms with E-state index >= 15 is 0 Å². The lowest BCUT2D eigenvalue weighted by molar-refractivity contribution is -0.115. The number of carbonyl (C=O) groups is 1. The van der Waals surface area contributed by atoms with Crippen LogP contribution < -0.4 is 4.90 Å². The fraction of sp³-hybridized carbons (Fsp3) is 0.400. The number of fused-ring (bicyclic) bond motifs is 3. The van der Waals surface area contributed by atoms with Crippen LogP contribution in [0.3, 0.4) is 0 Å². The molecule has 0 aromatic heterocycles. The maximum absolute atomic E-state index is 11.8. The summed E-state index contributed by atoms with van der Waals surface area (Å²) in [6, 6.07) is 8.57. The van der Waals surface area contributed by atoms with Crippen LogP contribution in [0, 0.1) is 0 Å². The van der Waals surface area contributed by atoms with Crippen LogP contribution in [-0.4, -0.2) is 12.3 Å². The molecule has 0 bridgehead atoms. The molecule has 2 nitrogen and oxygen atoms in total. The molecule has 0 aliphatic carbocycles. The van der Waals surface area contributed by atoms with E-state index in [2.05, 4.69) is 36.1 Å². The third kappa shape index (κ3) is 1.51. The van der Waals surface area contributed by atoms with Crippen molar-refractivity contribution in [2.75, 3.05) is 11.4 Å². The molecule has 0 spiro atoms. The first-order chi connectivity index (χ1) is 8.18. The van der Waals surface area contributed by atoms with Crippen molar-refractivity contribution in [1.82, 2.24) is 0 Å². The Hall–Kier alpha value is -1.57. The summed E-state index contributed by atoms with van der Waals surface area (Å²) in [6.45, 7) is 5.06. The van der Waals surface area contributed by atoms with Crippen LogP contribution in [0.2, 0.25) is 0 Å². The highest BCUT2D eigenvalue weighted by Crippen LogP contribution is 2.42. The first-order valence-electron chi connectivity index (χ1n) is 6.28. The fourth-order valence-electron chi connectivity index (χ4n) is 2.98. The van der Waals surface area contributed by atoms with Crippen LogP contribution in [0.1, 0.15) is 38.2 Å². The monoisotopic (exact) mass is 227 g/mol. The second kappa shape index (κ2) is 3.73. The summed E-state index contributed by atoms with van der Waals surface area (Å²) < 4.78 is 0. The van der Waals surface area contributed by atoms with Gasteiger partial charge < -0.3 is 4.90 Å². The van der Waals surface area contributed by atoms with Crippen LogP contribution in [0.4, 0.5) is 5.69 Å². The standard InChI is InChI=1S/C15H17NO/c1-10-9-14-11(2)15(17)7-8-16(14)13-6-4-3-5-12(10)13/h3-6,10H,7-9H2,1-2H3. The van der Waals surface area contributed by atoms with Gasteiger partial charge in [0.15, 0.2) is 5.78 Å². The highest BCUT2D eigenvalue weighted by molar-refractivity contribution is 5.98. The molecular formula is C15H17NO. The van der Waals surface area contributed by atoms with Crippen molar-refractivity contribution in [1.29, 1.82) is 0 Å². The molecule has 0 saturated carbocycles. The van der Waals surface area contributed by atoms with Gasteiger partial charge in [0.05, 0.1) is 0 Å². The number of carbonyl (C=O) groups excluding carboxylic acids is 1. The lowest BCUT2D eigenvalue weighted by Crippen LogP contribution is -2.36. The van der Waals surface area contributed by atoms with E-state index in [0.717, 1.165) is 18.5 Å². The smallest absolute Gasteiger partial charge is 0.162 e. The Morgan fingerprint density at radius 3 is 2.88 bits per heavy atom. The Labute approximate surface area is 102 Å². The molecule has 0 N–H and O–H groups in total. The minimum Gasteiger partial charge on any atom is -0.344 e. The number of nitrogens with zero attached hydrogens (tertiary/aromatic N) is 1. The van der Waals surface area contributed by atoms with Gasteiger partial charge in [0.2, 0.25) is 0 Å². The number of hydrogen-bond donors (Lipinski definition) is 0. The number of allylic oxidation sites excluding steroid dienone is 2. The number of anilines is 1. The third-order valence-electron chi connectivity index (χ3n) is 4.00. The van der Waals surface area contributed by atoms with Gasteiger partial charge in [-0.25, -0.2) is 0 Å². The second-order valence-electron chi connectivity index (χ2n) is 5.06. The molecule has 1 aromatic rings. The molecule has 0 fully saturated rings. The number of hydrogen-bond acceptors (Lipinski definition) is 2. The lowest BCUT2D eigenvalue weighted by atomic mass is 9.85. The van der Waals surface area contributed by atoms with E-state index in [1.165, 1.54) is 16.9 Å². The van der Waals surface area contributed by atoms with Gasteiger partial charge in [0.25, 0.3) is 0 Å². The van der Waals surface area contributed by atoms with E-state index in [9.17, 15) is 4.79 Å². The summed E-state index contributed by atoms with van der Waals surface area (Å²) in [5.41, 5.74) is 4.93. The zero-order chi connectivity index (χ0) is 12.0. The normalized spacial score (nSPS) is 23.5. The lowest BCUT2D eigenvalue weighted by Gasteiger charge is -2.40. The predicted molar refractivity (Wildman–Crippen MR) is 69.1 cm³/mol. The van der Waals surface area contributed by atoms with Gasteiger partial charge in [-0.15, -0.1) is 0 Å². The van der Waals surface area contributed by atoms with E-state index in [4.69, 9.17) is 0 Å². The quantitative estimate of drug-likeness (QED) is 0.678. The first kappa shape index (κ1) is 10.6. The van der Waals surface area contributed by atoms with Crippen molar-refractivity contribution in [2.24, 2.45) is 0 Å². The topological polar surface area (TPSA) is 20.3 Å². The van der Waals surface area contributed by atoms with Crippen molar-refractivity contribution in [3.05, 3.63) is 41.1 Å². The predicted octanol–water partition coefficient (Wildman–Crippen LogP) is 3.25. The van der Waals surface area contributed by atoms with E-state index in [-0.39, 0.29) is 0 Å². The minimum atomic E-state index is 0.322. The van der Waals surface area contributed by atoms with E-state index in [0.29, 0.717) is 18.1 Å². The van der Waals surface area contributed by atoms with E-state index in [1.54, 1.807) is 0 Å². The van der Waals surface area contributed by atoms with Crippen molar-refractivity contribution in [2.45, 2.75) is 32.6 Å². The van der Waals surface area contributed by atoms with Gasteiger partial charge in [0, 0.05) is 29.9 Å². The fourth-order valence-corrected chi connectivity index (χ4v) is 2.98. The Kier molecular flexibility index (Phi) is 2.32. The highest BCUT2D eigenvalue weighted by atomic mass is 16.1. The molecular weight excluding hydrogens is 210 g/mol. The Morgan fingerprint density at radius 2 is 2.06 bits per heavy atom. The molecule has 0 radical (unpaired) electrons. The molecule has 1 aromatic carbocycles. The van der Waals surface area contributed by atoms with Crippen LogP contribution in [0.25, 0.3) is 0 Å². The average molecular weight is 227 g/mol. The van der Waals surface area contributed by atoms with Gasteiger partial charge in [-0.05, 0) is 30.9 Å². The van der Waals surface area contributed by atoms with Crippen LogP contribution in [0.5, 0.6) is 0 Å². The van der Waals surface area contributed by atoms with Gasteiger partial charge in [0.1, 0.15) is 0 Å². The molecule has 1 unspecified atom stereocenters. The number of rotatable bonds is 0. The van der Waals surface area contributed by atoms with E-state index in [1.807, 2.05) is 6.92 Å². The Morgan fingerprint density at radius 1 is 1.29 bits per heavy atom. The van der Waals surface area contributed by atoms with Gasteiger partial charge in [-0.3, -0.25) is 4.79 Å². The number of para-hydroxylation sites is 1. The summed E-state index contributed by atoms with van der Waals surface area (Å²) in [5, 5.41) is 0. The Bertz CT molecular complexity index is 515. The molecule has 2 heterocycles. The number of benzene rings is 1.